The van der Waals surface area contributed by atoms with E-state index in [-0.39, 0.29) is 5.91 Å². The van der Waals surface area contributed by atoms with Gasteiger partial charge in [-0.05, 0) is 24.5 Å². The van der Waals surface area contributed by atoms with Gasteiger partial charge < -0.3 is 10.1 Å². The molecule has 4 nitrogen and oxygen atoms in total. The molecule has 2 aliphatic rings. The third-order valence-electron chi connectivity index (χ3n) is 3.83. The number of rotatable bonds is 2. The first-order valence-corrected chi connectivity index (χ1v) is 9.20. The summed E-state index contributed by atoms with van der Waals surface area (Å²) in [5.74, 6) is -0.0510. The molecule has 1 N–H and O–H groups in total. The summed E-state index contributed by atoms with van der Waals surface area (Å²) in [6.07, 6.45) is 10.2. The van der Waals surface area contributed by atoms with Crippen LogP contribution in [0.25, 0.3) is 22.7 Å². The molecule has 1 aliphatic carbocycles. The van der Waals surface area contributed by atoms with Gasteiger partial charge >= 0.3 is 0 Å². The van der Waals surface area contributed by atoms with Crippen molar-refractivity contribution in [3.8, 4) is 10.6 Å². The first-order valence-electron chi connectivity index (χ1n) is 7.56. The summed E-state index contributed by atoms with van der Waals surface area (Å²) in [4.78, 5) is 17.6. The molecule has 1 aliphatic heterocycles. The predicted octanol–water partition coefficient (Wildman–Crippen LogP) is 2.42. The second-order valence-electron chi connectivity index (χ2n) is 5.49. The van der Waals surface area contributed by atoms with Crippen molar-refractivity contribution in [2.45, 2.75) is 26.4 Å². The van der Waals surface area contributed by atoms with Crippen LogP contribution in [0, 0.1) is 0 Å². The molecule has 2 aromatic heterocycles. The number of thiophene rings is 1. The number of allylic oxidation sites excluding steroid dienone is 2. The molecule has 0 saturated heterocycles. The zero-order valence-corrected chi connectivity index (χ0v) is 14.4. The van der Waals surface area contributed by atoms with E-state index < -0.39 is 0 Å². The van der Waals surface area contributed by atoms with Gasteiger partial charge in [-0.2, -0.15) is 0 Å². The first kappa shape index (κ1) is 14.8. The Labute approximate surface area is 141 Å². The van der Waals surface area contributed by atoms with Gasteiger partial charge in [0.25, 0.3) is 0 Å². The quantitative estimate of drug-likeness (QED) is 0.910. The van der Waals surface area contributed by atoms with E-state index in [0.717, 1.165) is 40.4 Å². The lowest BCUT2D eigenvalue weighted by molar-refractivity contribution is -0.114. The number of thiazole rings is 1. The number of carbonyl (C=O) groups is 1. The van der Waals surface area contributed by atoms with Gasteiger partial charge in [-0.15, -0.1) is 22.7 Å². The van der Waals surface area contributed by atoms with Crippen LogP contribution >= 0.6 is 22.7 Å². The molecule has 118 valence electrons. The second kappa shape index (κ2) is 6.03. The first-order chi connectivity index (χ1) is 11.2. The predicted molar refractivity (Wildman–Crippen MR) is 95.0 cm³/mol. The molecule has 0 aromatic carbocycles. The summed E-state index contributed by atoms with van der Waals surface area (Å²) >= 11 is 3.31. The SMILES string of the molecule is CC(=O)Nc1sc2c(c1-c1nc3c(s1)=CCC=CC=3)CCOC2. The molecule has 2 aromatic rings. The fourth-order valence-corrected chi connectivity index (χ4v) is 5.21. The van der Waals surface area contributed by atoms with Crippen molar-refractivity contribution < 1.29 is 9.53 Å². The number of anilines is 1. The Bertz CT molecular complexity index is 921. The zero-order chi connectivity index (χ0) is 15.8. The summed E-state index contributed by atoms with van der Waals surface area (Å²) in [6, 6.07) is 0. The highest BCUT2D eigenvalue weighted by molar-refractivity contribution is 7.18. The van der Waals surface area contributed by atoms with Crippen molar-refractivity contribution in [2.24, 2.45) is 0 Å². The lowest BCUT2D eigenvalue weighted by Gasteiger charge is -2.12. The van der Waals surface area contributed by atoms with Gasteiger partial charge in [0.15, 0.2) is 0 Å². The number of nitrogens with one attached hydrogen (secondary N) is 1. The van der Waals surface area contributed by atoms with Crippen molar-refractivity contribution in [1.82, 2.24) is 4.98 Å². The molecule has 0 bridgehead atoms. The van der Waals surface area contributed by atoms with Gasteiger partial charge in [-0.3, -0.25) is 4.79 Å². The van der Waals surface area contributed by atoms with E-state index in [1.807, 2.05) is 0 Å². The van der Waals surface area contributed by atoms with Crippen molar-refractivity contribution in [2.75, 3.05) is 11.9 Å². The summed E-state index contributed by atoms with van der Waals surface area (Å²) in [5.41, 5.74) is 2.37. The highest BCUT2D eigenvalue weighted by Crippen LogP contribution is 2.42. The Hall–Kier alpha value is -1.76. The fourth-order valence-electron chi connectivity index (χ4n) is 2.84. The molecular weight excluding hydrogens is 328 g/mol. The maximum Gasteiger partial charge on any atom is 0.221 e. The van der Waals surface area contributed by atoms with Crippen molar-refractivity contribution in [3.05, 3.63) is 32.5 Å². The Morgan fingerprint density at radius 2 is 2.30 bits per heavy atom. The molecule has 0 atom stereocenters. The van der Waals surface area contributed by atoms with Crippen molar-refractivity contribution >= 4 is 45.7 Å². The van der Waals surface area contributed by atoms with E-state index >= 15 is 0 Å². The maximum absolute atomic E-state index is 11.6. The number of carbonyl (C=O) groups excluding carboxylic acids is 1. The molecule has 0 radical (unpaired) electrons. The average molecular weight is 344 g/mol. The van der Waals surface area contributed by atoms with Crippen LogP contribution in [0.1, 0.15) is 23.8 Å². The fraction of sp³-hybridized carbons (Fsp3) is 0.294. The highest BCUT2D eigenvalue weighted by atomic mass is 32.1. The molecule has 6 heteroatoms. The number of amides is 1. The molecule has 0 spiro atoms. The molecular formula is C17H16N2O2S2. The van der Waals surface area contributed by atoms with Crippen LogP contribution in [0.5, 0.6) is 0 Å². The van der Waals surface area contributed by atoms with Gasteiger partial charge in [0.05, 0.1) is 23.1 Å². The smallest absolute Gasteiger partial charge is 0.221 e. The van der Waals surface area contributed by atoms with E-state index in [2.05, 4.69) is 29.6 Å². The van der Waals surface area contributed by atoms with E-state index in [0.29, 0.717) is 6.61 Å². The van der Waals surface area contributed by atoms with E-state index in [1.165, 1.54) is 15.0 Å². The van der Waals surface area contributed by atoms with Gasteiger partial charge in [-0.1, -0.05) is 18.2 Å². The largest absolute Gasteiger partial charge is 0.376 e. The molecule has 3 heterocycles. The monoisotopic (exact) mass is 344 g/mol. The van der Waals surface area contributed by atoms with Crippen molar-refractivity contribution in [1.29, 1.82) is 0 Å². The number of hydrogen-bond acceptors (Lipinski definition) is 5. The van der Waals surface area contributed by atoms with Crippen LogP contribution in [0.3, 0.4) is 0 Å². The zero-order valence-electron chi connectivity index (χ0n) is 12.7. The second-order valence-corrected chi connectivity index (χ2v) is 7.63. The molecule has 1 amide bonds. The highest BCUT2D eigenvalue weighted by Gasteiger charge is 2.24. The number of hydrogen-bond donors (Lipinski definition) is 1. The third kappa shape index (κ3) is 2.78. The minimum Gasteiger partial charge on any atom is -0.376 e. The van der Waals surface area contributed by atoms with E-state index in [1.54, 1.807) is 29.6 Å². The molecule has 0 unspecified atom stereocenters. The van der Waals surface area contributed by atoms with Crippen LogP contribution in [0.4, 0.5) is 5.00 Å². The topological polar surface area (TPSA) is 51.2 Å². The summed E-state index contributed by atoms with van der Waals surface area (Å²) < 4.78 is 6.76. The Kier molecular flexibility index (Phi) is 3.88. The minimum atomic E-state index is -0.0510. The Morgan fingerprint density at radius 3 is 3.17 bits per heavy atom. The molecule has 0 saturated carbocycles. The lowest BCUT2D eigenvalue weighted by Crippen LogP contribution is -2.19. The normalized spacial score (nSPS) is 15.9. The number of nitrogens with zero attached hydrogens (tertiary/aromatic N) is 1. The van der Waals surface area contributed by atoms with Crippen LogP contribution in [0.2, 0.25) is 0 Å². The van der Waals surface area contributed by atoms with E-state index in [9.17, 15) is 4.79 Å². The van der Waals surface area contributed by atoms with Crippen LogP contribution in [0.15, 0.2) is 12.2 Å². The number of fused-ring (bicyclic) bond motifs is 2. The van der Waals surface area contributed by atoms with Crippen molar-refractivity contribution in [3.63, 3.8) is 0 Å². The number of aromatic nitrogens is 1. The average Bonchev–Trinajstić information content (AvgIpc) is 3.00. The van der Waals surface area contributed by atoms with Gasteiger partial charge in [0, 0.05) is 17.4 Å². The standard InChI is InChI=1S/C17H16N2O2S2/c1-10(20)18-16-15(11-7-8-21-9-14(11)23-16)17-19-12-5-3-2-4-6-13(12)22-17/h2-3,5-6H,4,7-9H2,1H3,(H,18,20). The Morgan fingerprint density at radius 1 is 1.39 bits per heavy atom. The molecule has 23 heavy (non-hydrogen) atoms. The van der Waals surface area contributed by atoms with Crippen LogP contribution in [-0.4, -0.2) is 17.5 Å². The van der Waals surface area contributed by atoms with Crippen LogP contribution < -0.4 is 15.2 Å². The van der Waals surface area contributed by atoms with Gasteiger partial charge in [0.2, 0.25) is 5.91 Å². The lowest BCUT2D eigenvalue weighted by atomic mass is 10.1. The Balaban J connectivity index is 1.91. The maximum atomic E-state index is 11.6. The number of ether oxygens (including phenoxy) is 1. The minimum absolute atomic E-state index is 0.0510. The van der Waals surface area contributed by atoms with E-state index in [4.69, 9.17) is 9.72 Å². The van der Waals surface area contributed by atoms with Gasteiger partial charge in [-0.25, -0.2) is 4.98 Å². The van der Waals surface area contributed by atoms with Gasteiger partial charge in [0.1, 0.15) is 10.0 Å². The third-order valence-corrected chi connectivity index (χ3v) is 6.04. The summed E-state index contributed by atoms with van der Waals surface area (Å²) in [7, 11) is 0. The summed E-state index contributed by atoms with van der Waals surface area (Å²) in [5, 5.41) is 5.87. The van der Waals surface area contributed by atoms with Crippen LogP contribution in [-0.2, 0) is 22.6 Å². The summed E-state index contributed by atoms with van der Waals surface area (Å²) in [6.45, 7) is 2.89. The molecule has 0 fully saturated rings. The molecule has 4 rings (SSSR count).